The predicted molar refractivity (Wildman–Crippen MR) is 96.1 cm³/mol. The third kappa shape index (κ3) is 3.55. The smallest absolute Gasteiger partial charge is 0.211 e. The highest BCUT2D eigenvalue weighted by Crippen LogP contribution is 2.33. The van der Waals surface area contributed by atoms with Crippen LogP contribution < -0.4 is 5.73 Å². The number of halogens is 2. The summed E-state index contributed by atoms with van der Waals surface area (Å²) in [5, 5.41) is 4.63. The molecule has 2 aromatic heterocycles. The number of hydrogen-bond acceptors (Lipinski definition) is 6. The van der Waals surface area contributed by atoms with Crippen molar-refractivity contribution in [2.45, 2.75) is 44.9 Å². The minimum absolute atomic E-state index is 0.0460. The molecule has 3 heterocycles. The first kappa shape index (κ1) is 19.4. The van der Waals surface area contributed by atoms with Gasteiger partial charge in [-0.1, -0.05) is 25.4 Å². The second-order valence-electron chi connectivity index (χ2n) is 7.05. The Hall–Kier alpha value is -1.36. The fourth-order valence-electron chi connectivity index (χ4n) is 3.16. The molecule has 144 valence electrons. The van der Waals surface area contributed by atoms with Crippen LogP contribution in [-0.4, -0.2) is 57.3 Å². The molecule has 11 heteroatoms. The first-order valence-electron chi connectivity index (χ1n) is 8.36. The summed E-state index contributed by atoms with van der Waals surface area (Å²) in [6.45, 7) is 4.18. The van der Waals surface area contributed by atoms with Gasteiger partial charge in [-0.25, -0.2) is 27.3 Å². The van der Waals surface area contributed by atoms with Crippen LogP contribution in [0.25, 0.3) is 5.52 Å². The summed E-state index contributed by atoms with van der Waals surface area (Å²) in [5.74, 6) is 0.967. The van der Waals surface area contributed by atoms with Gasteiger partial charge >= 0.3 is 0 Å². The molecule has 0 saturated carbocycles. The number of piperidine rings is 1. The van der Waals surface area contributed by atoms with E-state index in [1.165, 1.54) is 10.7 Å². The molecular weight excluding hydrogens is 383 g/mol. The number of hydrogen-bond donors (Lipinski definition) is 1. The Bertz CT molecular complexity index is 918. The second-order valence-corrected chi connectivity index (χ2v) is 9.34. The topological polar surface area (TPSA) is 106 Å². The van der Waals surface area contributed by atoms with Crippen LogP contribution in [0.5, 0.6) is 0 Å². The summed E-state index contributed by atoms with van der Waals surface area (Å²) in [4.78, 5) is 8.47. The van der Waals surface area contributed by atoms with E-state index in [1.54, 1.807) is 0 Å². The van der Waals surface area contributed by atoms with Crippen molar-refractivity contribution in [2.75, 3.05) is 12.8 Å². The van der Waals surface area contributed by atoms with Crippen LogP contribution in [0.3, 0.4) is 0 Å². The number of imidazole rings is 1. The molecular formula is C15H22ClFN6O2S. The van der Waals surface area contributed by atoms with Crippen LogP contribution in [0.1, 0.15) is 38.0 Å². The Morgan fingerprint density at radius 3 is 2.77 bits per heavy atom. The molecule has 1 aliphatic rings. The van der Waals surface area contributed by atoms with Crippen molar-refractivity contribution in [1.82, 2.24) is 23.9 Å². The highest BCUT2D eigenvalue weighted by Gasteiger charge is 2.43. The molecule has 3 rings (SSSR count). The van der Waals surface area contributed by atoms with Gasteiger partial charge in [-0.3, -0.25) is 0 Å². The molecule has 1 fully saturated rings. The van der Waals surface area contributed by atoms with Gasteiger partial charge in [-0.2, -0.15) is 4.31 Å². The summed E-state index contributed by atoms with van der Waals surface area (Å²) in [5.41, 5.74) is 6.32. The van der Waals surface area contributed by atoms with Gasteiger partial charge in [0.25, 0.3) is 0 Å². The first-order valence-corrected chi connectivity index (χ1v) is 10.6. The number of aromatic nitrogens is 4. The van der Waals surface area contributed by atoms with E-state index in [9.17, 15) is 12.8 Å². The van der Waals surface area contributed by atoms with Gasteiger partial charge < -0.3 is 5.73 Å². The van der Waals surface area contributed by atoms with E-state index >= 15 is 0 Å². The summed E-state index contributed by atoms with van der Waals surface area (Å²) in [6, 6.07) is -1.95. The van der Waals surface area contributed by atoms with E-state index in [0.29, 0.717) is 23.7 Å². The molecule has 3 atom stereocenters. The largest absolute Gasteiger partial charge is 0.325 e. The average Bonchev–Trinajstić information content (AvgIpc) is 2.83. The fourth-order valence-corrected chi connectivity index (χ4v) is 4.45. The van der Waals surface area contributed by atoms with Gasteiger partial charge in [0.2, 0.25) is 10.0 Å². The quantitative estimate of drug-likeness (QED) is 0.824. The van der Waals surface area contributed by atoms with Crippen LogP contribution >= 0.6 is 11.6 Å². The number of rotatable bonds is 4. The van der Waals surface area contributed by atoms with Crippen molar-refractivity contribution in [1.29, 1.82) is 0 Å². The minimum atomic E-state index is -3.65. The molecule has 0 aliphatic carbocycles. The van der Waals surface area contributed by atoms with E-state index in [4.69, 9.17) is 17.3 Å². The van der Waals surface area contributed by atoms with Gasteiger partial charge in [0, 0.05) is 19.0 Å². The molecule has 3 unspecified atom stereocenters. The lowest BCUT2D eigenvalue weighted by molar-refractivity contribution is 0.102. The number of nitrogens with zero attached hydrogens (tertiary/aromatic N) is 5. The van der Waals surface area contributed by atoms with Crippen molar-refractivity contribution in [3.8, 4) is 0 Å². The number of fused-ring (bicyclic) bond motifs is 1. The summed E-state index contributed by atoms with van der Waals surface area (Å²) in [6.07, 6.45) is 1.73. The fraction of sp³-hybridized carbons (Fsp3) is 0.667. The predicted octanol–water partition coefficient (Wildman–Crippen LogP) is 1.35. The van der Waals surface area contributed by atoms with Crippen molar-refractivity contribution in [3.05, 3.63) is 23.0 Å². The highest BCUT2D eigenvalue weighted by atomic mass is 35.5. The monoisotopic (exact) mass is 404 g/mol. The summed E-state index contributed by atoms with van der Waals surface area (Å²) >= 11 is 6.14. The van der Waals surface area contributed by atoms with Crippen LogP contribution in [0.15, 0.2) is 6.20 Å². The number of sulfonamides is 1. The average molecular weight is 405 g/mol. The first-order chi connectivity index (χ1) is 12.1. The standard InChI is InChI=1S/C15H22ClFN6O2S/c1-8(2)6-11-20-14(16)10-7-19-15(21-23(10)11)13-12(17)9(18)4-5-22(13)26(3,24)25/h7-9,12-13H,4-6,18H2,1-3H3. The third-order valence-corrected chi connectivity index (χ3v) is 5.96. The van der Waals surface area contributed by atoms with Gasteiger partial charge in [0.05, 0.1) is 12.5 Å². The molecule has 26 heavy (non-hydrogen) atoms. The maximum Gasteiger partial charge on any atom is 0.211 e. The molecule has 2 aromatic rings. The second kappa shape index (κ2) is 6.99. The maximum absolute atomic E-state index is 14.9. The molecule has 0 spiro atoms. The Kier molecular flexibility index (Phi) is 5.22. The molecule has 0 amide bonds. The van der Waals surface area contributed by atoms with Crippen molar-refractivity contribution < 1.29 is 12.8 Å². The van der Waals surface area contributed by atoms with Gasteiger partial charge in [0.15, 0.2) is 11.0 Å². The van der Waals surface area contributed by atoms with Crippen LogP contribution in [-0.2, 0) is 16.4 Å². The lowest BCUT2D eigenvalue weighted by Crippen LogP contribution is -2.52. The normalized spacial score (nSPS) is 25.3. The lowest BCUT2D eigenvalue weighted by Gasteiger charge is -2.38. The SMILES string of the molecule is CC(C)Cc1nc(Cl)c2cnc(C3C(F)C(N)CCN3S(C)(=O)=O)nn12. The molecule has 2 N–H and O–H groups in total. The minimum Gasteiger partial charge on any atom is -0.325 e. The molecule has 8 nitrogen and oxygen atoms in total. The van der Waals surface area contributed by atoms with E-state index in [2.05, 4.69) is 15.1 Å². The number of alkyl halides is 1. The van der Waals surface area contributed by atoms with E-state index in [-0.39, 0.29) is 23.9 Å². The zero-order valence-corrected chi connectivity index (χ0v) is 16.4. The van der Waals surface area contributed by atoms with Crippen molar-refractivity contribution in [2.24, 2.45) is 11.7 Å². The van der Waals surface area contributed by atoms with E-state index < -0.39 is 28.3 Å². The van der Waals surface area contributed by atoms with Crippen LogP contribution in [0, 0.1) is 5.92 Å². The summed E-state index contributed by atoms with van der Waals surface area (Å²) < 4.78 is 41.7. The van der Waals surface area contributed by atoms with Crippen LogP contribution in [0.2, 0.25) is 5.15 Å². The molecule has 0 aromatic carbocycles. The molecule has 1 saturated heterocycles. The Balaban J connectivity index is 2.12. The molecule has 0 radical (unpaired) electrons. The van der Waals surface area contributed by atoms with Crippen LogP contribution in [0.4, 0.5) is 4.39 Å². The highest BCUT2D eigenvalue weighted by molar-refractivity contribution is 7.88. The molecule has 1 aliphatic heterocycles. The van der Waals surface area contributed by atoms with Crippen molar-refractivity contribution in [3.63, 3.8) is 0 Å². The van der Waals surface area contributed by atoms with Gasteiger partial charge in [-0.15, -0.1) is 5.10 Å². The maximum atomic E-state index is 14.9. The van der Waals surface area contributed by atoms with E-state index in [1.807, 2.05) is 13.8 Å². The molecule has 0 bridgehead atoms. The zero-order chi connectivity index (χ0) is 19.2. The van der Waals surface area contributed by atoms with E-state index in [0.717, 1.165) is 10.6 Å². The third-order valence-electron chi connectivity index (χ3n) is 4.42. The lowest BCUT2D eigenvalue weighted by atomic mass is 9.97. The Morgan fingerprint density at radius 1 is 1.46 bits per heavy atom. The van der Waals surface area contributed by atoms with Gasteiger partial charge in [-0.05, 0) is 12.3 Å². The Morgan fingerprint density at radius 2 is 2.15 bits per heavy atom. The Labute approximate surface area is 156 Å². The summed E-state index contributed by atoms with van der Waals surface area (Å²) in [7, 11) is -3.65. The zero-order valence-electron chi connectivity index (χ0n) is 14.8. The van der Waals surface area contributed by atoms with Crippen molar-refractivity contribution >= 4 is 27.1 Å². The van der Waals surface area contributed by atoms with Gasteiger partial charge in [0.1, 0.15) is 23.6 Å². The number of nitrogens with two attached hydrogens (primary N) is 1.